The van der Waals surface area contributed by atoms with E-state index in [-0.39, 0.29) is 5.69 Å². The summed E-state index contributed by atoms with van der Waals surface area (Å²) in [6.07, 6.45) is 2.12. The SMILES string of the molecule is O=CNc1cc(Sc2ccccn2)cc([N+](=O)[O-])c1. The van der Waals surface area contributed by atoms with Crippen molar-refractivity contribution in [2.75, 3.05) is 5.32 Å². The third kappa shape index (κ3) is 3.52. The minimum Gasteiger partial charge on any atom is -0.328 e. The number of nitro groups is 1. The smallest absolute Gasteiger partial charge is 0.272 e. The van der Waals surface area contributed by atoms with Gasteiger partial charge < -0.3 is 5.32 Å². The molecule has 0 spiro atoms. The van der Waals surface area contributed by atoms with Gasteiger partial charge in [-0.05, 0) is 18.2 Å². The lowest BCUT2D eigenvalue weighted by atomic mass is 10.3. The van der Waals surface area contributed by atoms with Gasteiger partial charge in [0.1, 0.15) is 5.03 Å². The average molecular weight is 275 g/mol. The molecule has 2 rings (SSSR count). The van der Waals surface area contributed by atoms with Gasteiger partial charge in [-0.3, -0.25) is 14.9 Å². The summed E-state index contributed by atoms with van der Waals surface area (Å²) in [6.45, 7) is 0. The van der Waals surface area contributed by atoms with Crippen molar-refractivity contribution in [3.05, 3.63) is 52.7 Å². The predicted molar refractivity (Wildman–Crippen MR) is 71.1 cm³/mol. The van der Waals surface area contributed by atoms with Crippen LogP contribution in [0.1, 0.15) is 0 Å². The zero-order chi connectivity index (χ0) is 13.7. The predicted octanol–water partition coefficient (Wildman–Crippen LogP) is 2.71. The standard InChI is InChI=1S/C12H9N3O3S/c16-8-14-9-5-10(15(17)18)7-11(6-9)19-12-3-1-2-4-13-12/h1-8H,(H,14,16). The molecule has 1 aromatic heterocycles. The molecule has 0 aliphatic rings. The minimum absolute atomic E-state index is 0.0784. The lowest BCUT2D eigenvalue weighted by molar-refractivity contribution is -0.385. The molecule has 7 heteroatoms. The quantitative estimate of drug-likeness (QED) is 0.515. The van der Waals surface area contributed by atoms with Crippen LogP contribution in [0.15, 0.2) is 52.5 Å². The molecule has 0 saturated carbocycles. The van der Waals surface area contributed by atoms with E-state index in [1.165, 1.54) is 23.9 Å². The first kappa shape index (κ1) is 13.0. The molecule has 1 N–H and O–H groups in total. The normalized spacial score (nSPS) is 9.89. The number of hydrogen-bond acceptors (Lipinski definition) is 5. The van der Waals surface area contributed by atoms with Crippen LogP contribution in [0.2, 0.25) is 0 Å². The number of nitrogens with one attached hydrogen (secondary N) is 1. The summed E-state index contributed by atoms with van der Waals surface area (Å²) in [5.74, 6) is 0. The Kier molecular flexibility index (Phi) is 4.09. The van der Waals surface area contributed by atoms with E-state index in [9.17, 15) is 14.9 Å². The largest absolute Gasteiger partial charge is 0.328 e. The highest BCUT2D eigenvalue weighted by Crippen LogP contribution is 2.31. The first-order valence-electron chi connectivity index (χ1n) is 5.27. The van der Waals surface area contributed by atoms with Crippen LogP contribution in [0.4, 0.5) is 11.4 Å². The maximum atomic E-state index is 10.8. The molecule has 0 saturated heterocycles. The zero-order valence-electron chi connectivity index (χ0n) is 9.65. The molecule has 0 aliphatic heterocycles. The van der Waals surface area contributed by atoms with Gasteiger partial charge in [-0.25, -0.2) is 4.98 Å². The number of hydrogen-bond donors (Lipinski definition) is 1. The van der Waals surface area contributed by atoms with Gasteiger partial charge in [0.2, 0.25) is 6.41 Å². The molecule has 6 nitrogen and oxygen atoms in total. The molecule has 0 radical (unpaired) electrons. The Morgan fingerprint density at radius 1 is 1.32 bits per heavy atom. The van der Waals surface area contributed by atoms with Crippen molar-refractivity contribution in [1.82, 2.24) is 4.98 Å². The van der Waals surface area contributed by atoms with Crippen molar-refractivity contribution in [3.8, 4) is 0 Å². The fourth-order valence-corrected chi connectivity index (χ4v) is 2.29. The molecule has 0 fully saturated rings. The number of nitro benzene ring substituents is 1. The van der Waals surface area contributed by atoms with Crippen LogP contribution in [0.25, 0.3) is 0 Å². The fraction of sp³-hybridized carbons (Fsp3) is 0. The molecular formula is C12H9N3O3S. The van der Waals surface area contributed by atoms with Crippen molar-refractivity contribution >= 4 is 29.5 Å². The van der Waals surface area contributed by atoms with E-state index >= 15 is 0 Å². The highest BCUT2D eigenvalue weighted by atomic mass is 32.2. The molecule has 0 bridgehead atoms. The highest BCUT2D eigenvalue weighted by Gasteiger charge is 2.10. The number of aromatic nitrogens is 1. The summed E-state index contributed by atoms with van der Waals surface area (Å²) in [5.41, 5.74) is 0.299. The molecule has 0 unspecified atom stereocenters. The van der Waals surface area contributed by atoms with Crippen molar-refractivity contribution in [2.24, 2.45) is 0 Å². The van der Waals surface area contributed by atoms with Gasteiger partial charge in [0.05, 0.1) is 4.92 Å². The summed E-state index contributed by atoms with van der Waals surface area (Å²) >= 11 is 1.29. The number of non-ortho nitro benzene ring substituents is 1. The van der Waals surface area contributed by atoms with Crippen LogP contribution in [0.5, 0.6) is 0 Å². The number of amides is 1. The lowest BCUT2D eigenvalue weighted by Gasteiger charge is -2.04. The van der Waals surface area contributed by atoms with Gasteiger partial charge in [-0.1, -0.05) is 17.8 Å². The van der Waals surface area contributed by atoms with Crippen LogP contribution in [-0.4, -0.2) is 16.3 Å². The number of pyridine rings is 1. The van der Waals surface area contributed by atoms with Gasteiger partial charge >= 0.3 is 0 Å². The molecule has 0 atom stereocenters. The maximum absolute atomic E-state index is 10.8. The number of nitrogens with zero attached hydrogens (tertiary/aromatic N) is 2. The number of benzene rings is 1. The maximum Gasteiger partial charge on any atom is 0.272 e. The monoisotopic (exact) mass is 275 g/mol. The Balaban J connectivity index is 2.33. The second kappa shape index (κ2) is 5.96. The topological polar surface area (TPSA) is 85.1 Å². The molecule has 0 aliphatic carbocycles. The number of anilines is 1. The second-order valence-corrected chi connectivity index (χ2v) is 4.60. The first-order valence-corrected chi connectivity index (χ1v) is 6.09. The van der Waals surface area contributed by atoms with E-state index in [2.05, 4.69) is 10.3 Å². The summed E-state index contributed by atoms with van der Waals surface area (Å²) < 4.78 is 0. The molecule has 1 amide bonds. The fourth-order valence-electron chi connectivity index (χ4n) is 1.43. The van der Waals surface area contributed by atoms with Crippen molar-refractivity contribution < 1.29 is 9.72 Å². The average Bonchev–Trinajstić information content (AvgIpc) is 2.40. The van der Waals surface area contributed by atoms with Crippen LogP contribution in [0.3, 0.4) is 0 Å². The van der Waals surface area contributed by atoms with Gasteiger partial charge in [0.15, 0.2) is 0 Å². The van der Waals surface area contributed by atoms with E-state index in [1.54, 1.807) is 24.4 Å². The molecule has 1 heterocycles. The number of carbonyl (C=O) groups is 1. The Morgan fingerprint density at radius 3 is 2.79 bits per heavy atom. The van der Waals surface area contributed by atoms with E-state index < -0.39 is 4.92 Å². The van der Waals surface area contributed by atoms with Crippen LogP contribution in [0, 0.1) is 10.1 Å². The highest BCUT2D eigenvalue weighted by molar-refractivity contribution is 7.99. The first-order chi connectivity index (χ1) is 9.19. The van der Waals surface area contributed by atoms with E-state index in [0.29, 0.717) is 17.0 Å². The number of carbonyl (C=O) groups excluding carboxylic acids is 1. The van der Waals surface area contributed by atoms with Crippen LogP contribution in [-0.2, 0) is 4.79 Å². The van der Waals surface area contributed by atoms with Gasteiger partial charge in [-0.2, -0.15) is 0 Å². The lowest BCUT2D eigenvalue weighted by Crippen LogP contribution is -1.96. The van der Waals surface area contributed by atoms with Crippen molar-refractivity contribution in [3.63, 3.8) is 0 Å². The molecule has 96 valence electrons. The Bertz CT molecular complexity index is 604. The van der Waals surface area contributed by atoms with Crippen LogP contribution >= 0.6 is 11.8 Å². The van der Waals surface area contributed by atoms with E-state index in [4.69, 9.17) is 0 Å². The summed E-state index contributed by atoms with van der Waals surface area (Å²) in [5, 5.41) is 14.0. The van der Waals surface area contributed by atoms with Gasteiger partial charge in [0.25, 0.3) is 5.69 Å². The molecular weight excluding hydrogens is 266 g/mol. The molecule has 2 aromatic rings. The summed E-state index contributed by atoms with van der Waals surface area (Å²) in [7, 11) is 0. The molecule has 19 heavy (non-hydrogen) atoms. The zero-order valence-corrected chi connectivity index (χ0v) is 10.5. The summed E-state index contributed by atoms with van der Waals surface area (Å²) in [6, 6.07) is 9.82. The molecule has 1 aromatic carbocycles. The Morgan fingerprint density at radius 2 is 2.16 bits per heavy atom. The van der Waals surface area contributed by atoms with Gasteiger partial charge in [-0.15, -0.1) is 0 Å². The van der Waals surface area contributed by atoms with E-state index in [1.807, 2.05) is 6.07 Å². The Hall–Kier alpha value is -2.41. The van der Waals surface area contributed by atoms with Crippen molar-refractivity contribution in [1.29, 1.82) is 0 Å². The second-order valence-electron chi connectivity index (χ2n) is 3.50. The third-order valence-electron chi connectivity index (χ3n) is 2.19. The minimum atomic E-state index is -0.502. The van der Waals surface area contributed by atoms with Crippen LogP contribution < -0.4 is 5.32 Å². The third-order valence-corrected chi connectivity index (χ3v) is 3.11. The van der Waals surface area contributed by atoms with E-state index in [0.717, 1.165) is 5.03 Å². The van der Waals surface area contributed by atoms with Crippen molar-refractivity contribution in [2.45, 2.75) is 9.92 Å². The summed E-state index contributed by atoms with van der Waals surface area (Å²) in [4.78, 5) is 25.5. The van der Waals surface area contributed by atoms with Gasteiger partial charge in [0, 0.05) is 28.9 Å². The Labute approximate surface area is 113 Å². The number of rotatable bonds is 5.